The molecule has 1 aromatic heterocycles. The van der Waals surface area contributed by atoms with Crippen molar-refractivity contribution in [2.45, 2.75) is 42.2 Å². The van der Waals surface area contributed by atoms with Crippen LogP contribution in [0.25, 0.3) is 10.9 Å². The second-order valence-corrected chi connectivity index (χ2v) is 8.83. The second-order valence-electron chi connectivity index (χ2n) is 6.69. The Hall–Kier alpha value is -1.58. The maximum Gasteiger partial charge on any atom is 0.252 e. The van der Waals surface area contributed by atoms with Crippen LogP contribution >= 0.6 is 34.4 Å². The summed E-state index contributed by atoms with van der Waals surface area (Å²) in [6.45, 7) is 3.33. The van der Waals surface area contributed by atoms with Crippen molar-refractivity contribution >= 4 is 51.2 Å². The lowest BCUT2D eigenvalue weighted by atomic mass is 10.2. The number of ether oxygens (including phenoxy) is 1. The van der Waals surface area contributed by atoms with Gasteiger partial charge in [0, 0.05) is 28.3 Å². The molecule has 1 aliphatic heterocycles. The number of halogens is 1. The summed E-state index contributed by atoms with van der Waals surface area (Å²) in [6, 6.07) is 14.1. The Morgan fingerprint density at radius 3 is 2.96 bits per heavy atom. The first-order valence-corrected chi connectivity index (χ1v) is 11.4. The minimum atomic E-state index is -0.0399. The molecule has 1 atom stereocenters. The molecule has 146 valence electrons. The van der Waals surface area contributed by atoms with Gasteiger partial charge in [0.25, 0.3) is 5.91 Å². The molecule has 2 aromatic carbocycles. The lowest BCUT2D eigenvalue weighted by Gasteiger charge is -2.23. The highest BCUT2D eigenvalue weighted by Crippen LogP contribution is 2.35. The van der Waals surface area contributed by atoms with E-state index in [4.69, 9.17) is 9.84 Å². The summed E-state index contributed by atoms with van der Waals surface area (Å²) in [7, 11) is 0. The lowest BCUT2D eigenvalue weighted by molar-refractivity contribution is -0.0368. The van der Waals surface area contributed by atoms with Crippen LogP contribution in [0.15, 0.2) is 52.3 Å². The predicted molar refractivity (Wildman–Crippen MR) is 120 cm³/mol. The Labute approximate surface area is 182 Å². The average Bonchev–Trinajstić information content (AvgIpc) is 3.05. The highest BCUT2D eigenvalue weighted by molar-refractivity contribution is 14.1. The van der Waals surface area contributed by atoms with Gasteiger partial charge in [-0.05, 0) is 79.1 Å². The van der Waals surface area contributed by atoms with E-state index in [-0.39, 0.29) is 12.1 Å². The highest BCUT2D eigenvalue weighted by atomic mass is 127. The fourth-order valence-corrected chi connectivity index (χ4v) is 5.07. The van der Waals surface area contributed by atoms with Crippen molar-refractivity contribution in [2.75, 3.05) is 13.2 Å². The van der Waals surface area contributed by atoms with Gasteiger partial charge in [0.05, 0.1) is 11.1 Å². The minimum absolute atomic E-state index is 0.00244. The molecule has 0 radical (unpaired) electrons. The number of fused-ring (bicyclic) bond motifs is 1. The van der Waals surface area contributed by atoms with Gasteiger partial charge in [-0.15, -0.1) is 0 Å². The van der Waals surface area contributed by atoms with Crippen molar-refractivity contribution in [1.29, 1.82) is 0 Å². The number of hydrogen-bond donors (Lipinski definition) is 1. The van der Waals surface area contributed by atoms with Crippen LogP contribution in [0.1, 0.15) is 42.8 Å². The molecule has 0 spiro atoms. The zero-order valence-corrected chi connectivity index (χ0v) is 18.6. The molecule has 4 rings (SSSR count). The zero-order valence-electron chi connectivity index (χ0n) is 15.7. The maximum absolute atomic E-state index is 12.4. The van der Waals surface area contributed by atoms with Gasteiger partial charge in [0.2, 0.25) is 0 Å². The minimum Gasteiger partial charge on any atom is -0.356 e. The van der Waals surface area contributed by atoms with Crippen molar-refractivity contribution in [3.8, 4) is 0 Å². The molecular weight excluding hydrogens is 485 g/mol. The summed E-state index contributed by atoms with van der Waals surface area (Å²) in [5, 5.41) is 8.76. The van der Waals surface area contributed by atoms with Gasteiger partial charge in [-0.2, -0.15) is 5.10 Å². The van der Waals surface area contributed by atoms with Crippen LogP contribution in [0.4, 0.5) is 0 Å². The van der Waals surface area contributed by atoms with Crippen molar-refractivity contribution in [3.63, 3.8) is 0 Å². The Bertz CT molecular complexity index is 998. The van der Waals surface area contributed by atoms with E-state index in [1.165, 1.54) is 0 Å². The summed E-state index contributed by atoms with van der Waals surface area (Å²) in [5.41, 5.74) is 1.78. The first-order valence-electron chi connectivity index (χ1n) is 9.52. The van der Waals surface area contributed by atoms with Gasteiger partial charge in [-0.1, -0.05) is 23.9 Å². The number of aromatic nitrogens is 2. The van der Waals surface area contributed by atoms with Crippen LogP contribution < -0.4 is 5.32 Å². The number of carbonyl (C=O) groups is 1. The van der Waals surface area contributed by atoms with Crippen molar-refractivity contribution in [2.24, 2.45) is 0 Å². The Morgan fingerprint density at radius 2 is 2.18 bits per heavy atom. The van der Waals surface area contributed by atoms with Gasteiger partial charge in [-0.25, -0.2) is 4.68 Å². The van der Waals surface area contributed by atoms with E-state index in [2.05, 4.69) is 46.1 Å². The van der Waals surface area contributed by atoms with Gasteiger partial charge in [-0.3, -0.25) is 4.79 Å². The normalized spacial score (nSPS) is 17.0. The molecular formula is C21H22IN3O2S. The van der Waals surface area contributed by atoms with Gasteiger partial charge in [0.15, 0.2) is 6.23 Å². The van der Waals surface area contributed by atoms with E-state index in [0.717, 1.165) is 50.3 Å². The quantitative estimate of drug-likeness (QED) is 0.480. The molecule has 0 bridgehead atoms. The number of nitrogens with zero attached hydrogens (tertiary/aromatic N) is 2. The molecule has 28 heavy (non-hydrogen) atoms. The third kappa shape index (κ3) is 4.06. The molecule has 1 fully saturated rings. The van der Waals surface area contributed by atoms with Crippen LogP contribution in [-0.4, -0.2) is 28.8 Å². The largest absolute Gasteiger partial charge is 0.356 e. The van der Waals surface area contributed by atoms with E-state index in [1.54, 1.807) is 11.8 Å². The molecule has 5 nitrogen and oxygen atoms in total. The van der Waals surface area contributed by atoms with Crippen molar-refractivity contribution in [1.82, 2.24) is 15.1 Å². The summed E-state index contributed by atoms with van der Waals surface area (Å²) in [6.07, 6.45) is 3.27. The van der Waals surface area contributed by atoms with Crippen LogP contribution in [-0.2, 0) is 4.74 Å². The first kappa shape index (κ1) is 19.7. The third-order valence-electron chi connectivity index (χ3n) is 4.76. The van der Waals surface area contributed by atoms with Gasteiger partial charge < -0.3 is 10.1 Å². The number of benzene rings is 2. The molecule has 3 aromatic rings. The summed E-state index contributed by atoms with van der Waals surface area (Å²) < 4.78 is 8.97. The van der Waals surface area contributed by atoms with Crippen LogP contribution in [0.3, 0.4) is 0 Å². The van der Waals surface area contributed by atoms with Crippen molar-refractivity contribution < 1.29 is 9.53 Å². The molecule has 0 saturated carbocycles. The molecule has 0 aliphatic carbocycles. The molecule has 1 aliphatic rings. The number of carbonyl (C=O) groups excluding carboxylic acids is 1. The van der Waals surface area contributed by atoms with E-state index in [9.17, 15) is 4.79 Å². The molecule has 1 amide bonds. The smallest absolute Gasteiger partial charge is 0.252 e. The Kier molecular flexibility index (Phi) is 6.22. The topological polar surface area (TPSA) is 56.2 Å². The van der Waals surface area contributed by atoms with Gasteiger partial charge in [0.1, 0.15) is 3.70 Å². The maximum atomic E-state index is 12.4. The molecule has 1 N–H and O–H groups in total. The number of nitrogens with one attached hydrogen (secondary N) is 1. The van der Waals surface area contributed by atoms with Crippen LogP contribution in [0, 0.1) is 3.70 Å². The monoisotopic (exact) mass is 507 g/mol. The second kappa shape index (κ2) is 8.84. The number of rotatable bonds is 5. The molecule has 2 heterocycles. The fraction of sp³-hybridized carbons (Fsp3) is 0.333. The van der Waals surface area contributed by atoms with Crippen molar-refractivity contribution in [3.05, 3.63) is 51.7 Å². The predicted octanol–water partition coefficient (Wildman–Crippen LogP) is 5.24. The van der Waals surface area contributed by atoms with E-state index >= 15 is 0 Å². The Morgan fingerprint density at radius 1 is 1.32 bits per heavy atom. The van der Waals surface area contributed by atoms with Crippen LogP contribution in [0.5, 0.6) is 0 Å². The average molecular weight is 507 g/mol. The van der Waals surface area contributed by atoms with Crippen LogP contribution in [0.2, 0.25) is 0 Å². The SMILES string of the molecule is CCNC(=O)c1ccccc1Sc1ccc2c(I)nn(C3CCCCO3)c2c1. The lowest BCUT2D eigenvalue weighted by Crippen LogP contribution is -2.23. The Balaban J connectivity index is 1.68. The molecule has 1 unspecified atom stereocenters. The number of amides is 1. The summed E-state index contributed by atoms with van der Waals surface area (Å²) >= 11 is 3.89. The molecule has 1 saturated heterocycles. The third-order valence-corrected chi connectivity index (χ3v) is 6.62. The highest BCUT2D eigenvalue weighted by Gasteiger charge is 2.21. The number of hydrogen-bond acceptors (Lipinski definition) is 4. The molecule has 7 heteroatoms. The fourth-order valence-electron chi connectivity index (χ4n) is 3.40. The van der Waals surface area contributed by atoms with E-state index in [1.807, 2.05) is 35.9 Å². The summed E-state index contributed by atoms with van der Waals surface area (Å²) in [5.74, 6) is -0.0399. The van der Waals surface area contributed by atoms with E-state index in [0.29, 0.717) is 12.1 Å². The zero-order chi connectivity index (χ0) is 19.5. The standard InChI is InChI=1S/C21H22IN3O2S/c1-2-23-21(26)16-7-3-4-8-18(16)28-14-10-11-15-17(13-14)25(24-20(15)22)19-9-5-6-12-27-19/h3-4,7-8,10-11,13,19H,2,5-6,9,12H2,1H3,(H,23,26). The van der Waals surface area contributed by atoms with Gasteiger partial charge >= 0.3 is 0 Å². The first-order chi connectivity index (χ1) is 13.7. The van der Waals surface area contributed by atoms with E-state index < -0.39 is 0 Å². The summed E-state index contributed by atoms with van der Waals surface area (Å²) in [4.78, 5) is 14.4.